The van der Waals surface area contributed by atoms with Crippen LogP contribution in [0.15, 0.2) is 51.1 Å². The Morgan fingerprint density at radius 2 is 0.964 bits per heavy atom. The number of benzene rings is 2. The van der Waals surface area contributed by atoms with E-state index in [4.69, 9.17) is 14.2 Å². The van der Waals surface area contributed by atoms with E-state index in [1.165, 1.54) is 7.11 Å². The van der Waals surface area contributed by atoms with Gasteiger partial charge in [-0.1, -0.05) is 0 Å². The van der Waals surface area contributed by atoms with Gasteiger partial charge in [-0.15, -0.1) is 15.0 Å². The van der Waals surface area contributed by atoms with E-state index >= 15 is 0 Å². The Kier molecular flexibility index (Phi) is 7.76. The van der Waals surface area contributed by atoms with E-state index in [-0.39, 0.29) is 18.0 Å². The fourth-order valence-corrected chi connectivity index (χ4v) is 4.58. The minimum Gasteiger partial charge on any atom is -0.467 e. The maximum absolute atomic E-state index is 5.79. The average molecular weight is 769 g/mol. The standard InChI is InChI=1S/C16H7Br6N3O3/c1-26-14-23-15(27-8-4-2-6(17)10(19)12(8)21)25-16(24-14)28-9-5-3-7(18)11(20)13(9)22/h2-5H,1H3. The van der Waals surface area contributed by atoms with Gasteiger partial charge in [-0.25, -0.2) is 0 Å². The zero-order valence-electron chi connectivity index (χ0n) is 13.6. The normalized spacial score (nSPS) is 10.7. The highest BCUT2D eigenvalue weighted by molar-refractivity contribution is 9.15. The molecule has 0 fully saturated rings. The summed E-state index contributed by atoms with van der Waals surface area (Å²) in [6, 6.07) is 7.27. The molecule has 0 radical (unpaired) electrons. The van der Waals surface area contributed by atoms with Crippen LogP contribution < -0.4 is 14.2 Å². The molecule has 0 unspecified atom stereocenters. The topological polar surface area (TPSA) is 66.4 Å². The summed E-state index contributed by atoms with van der Waals surface area (Å²) >= 11 is 20.7. The highest BCUT2D eigenvalue weighted by Gasteiger charge is 2.16. The molecule has 6 nitrogen and oxygen atoms in total. The number of halogens is 6. The minimum atomic E-state index is 0.0177. The van der Waals surface area contributed by atoms with Crippen LogP contribution in [0, 0.1) is 0 Å². The zero-order valence-corrected chi connectivity index (χ0v) is 23.2. The summed E-state index contributed by atoms with van der Waals surface area (Å²) in [7, 11) is 1.45. The highest BCUT2D eigenvalue weighted by atomic mass is 79.9. The predicted octanol–water partition coefficient (Wildman–Crippen LogP) is 8.04. The van der Waals surface area contributed by atoms with E-state index in [9.17, 15) is 0 Å². The summed E-state index contributed by atoms with van der Waals surface area (Å²) in [6.45, 7) is 0. The summed E-state index contributed by atoms with van der Waals surface area (Å²) in [4.78, 5) is 12.4. The molecule has 1 aromatic heterocycles. The molecule has 0 N–H and O–H groups in total. The molecule has 0 aliphatic rings. The lowest BCUT2D eigenvalue weighted by Crippen LogP contribution is -2.02. The number of ether oxygens (including phenoxy) is 3. The third kappa shape index (κ3) is 5.07. The number of aromatic nitrogens is 3. The van der Waals surface area contributed by atoms with Crippen molar-refractivity contribution in [2.45, 2.75) is 0 Å². The van der Waals surface area contributed by atoms with E-state index in [2.05, 4.69) is 111 Å². The lowest BCUT2D eigenvalue weighted by Gasteiger charge is -2.11. The summed E-state index contributed by atoms with van der Waals surface area (Å²) in [5.74, 6) is 1.00. The molecule has 0 atom stereocenters. The van der Waals surface area contributed by atoms with Crippen LogP contribution in [0.2, 0.25) is 0 Å². The third-order valence-electron chi connectivity index (χ3n) is 3.16. The van der Waals surface area contributed by atoms with Crippen LogP contribution in [0.25, 0.3) is 0 Å². The third-order valence-corrected chi connectivity index (χ3v) is 9.83. The van der Waals surface area contributed by atoms with Crippen LogP contribution in [0.3, 0.4) is 0 Å². The molecule has 0 saturated heterocycles. The quantitative estimate of drug-likeness (QED) is 0.245. The van der Waals surface area contributed by atoms with Crippen molar-refractivity contribution in [3.8, 4) is 29.5 Å². The minimum absolute atomic E-state index is 0.0177. The van der Waals surface area contributed by atoms with Gasteiger partial charge >= 0.3 is 18.0 Å². The van der Waals surface area contributed by atoms with Crippen LogP contribution in [0.1, 0.15) is 0 Å². The van der Waals surface area contributed by atoms with Gasteiger partial charge in [-0.3, -0.25) is 0 Å². The fraction of sp³-hybridized carbons (Fsp3) is 0.0625. The van der Waals surface area contributed by atoms with Crippen molar-refractivity contribution in [1.82, 2.24) is 15.0 Å². The first-order valence-corrected chi connectivity index (χ1v) is 12.0. The molecule has 3 rings (SSSR count). The van der Waals surface area contributed by atoms with Crippen LogP contribution in [0.4, 0.5) is 0 Å². The summed E-state index contributed by atoms with van der Waals surface area (Å²) in [5.41, 5.74) is 0. The van der Waals surface area contributed by atoms with E-state index in [0.29, 0.717) is 20.4 Å². The summed E-state index contributed by atoms with van der Waals surface area (Å²) in [6.07, 6.45) is 0. The Morgan fingerprint density at radius 1 is 0.571 bits per heavy atom. The Hall–Kier alpha value is -0.270. The molecule has 28 heavy (non-hydrogen) atoms. The van der Waals surface area contributed by atoms with Gasteiger partial charge in [0.2, 0.25) is 0 Å². The van der Waals surface area contributed by atoms with Crippen molar-refractivity contribution in [3.63, 3.8) is 0 Å². The van der Waals surface area contributed by atoms with Gasteiger partial charge in [0.15, 0.2) is 0 Å². The fourth-order valence-electron chi connectivity index (χ4n) is 1.87. The van der Waals surface area contributed by atoms with Gasteiger partial charge in [0, 0.05) is 17.9 Å². The van der Waals surface area contributed by atoms with Crippen LogP contribution in [-0.2, 0) is 0 Å². The Morgan fingerprint density at radius 3 is 1.36 bits per heavy atom. The number of rotatable bonds is 5. The maximum atomic E-state index is 5.79. The largest absolute Gasteiger partial charge is 0.467 e. The first kappa shape index (κ1) is 22.4. The van der Waals surface area contributed by atoms with Crippen molar-refractivity contribution in [2.75, 3.05) is 7.11 Å². The average Bonchev–Trinajstić information content (AvgIpc) is 2.68. The first-order chi connectivity index (χ1) is 13.3. The maximum Gasteiger partial charge on any atom is 0.331 e. The molecular weight excluding hydrogens is 762 g/mol. The number of nitrogens with zero attached hydrogens (tertiary/aromatic N) is 3. The van der Waals surface area contributed by atoms with Gasteiger partial charge in [-0.05, 0) is 120 Å². The highest BCUT2D eigenvalue weighted by Crippen LogP contribution is 2.41. The molecule has 12 heteroatoms. The van der Waals surface area contributed by atoms with E-state index in [0.717, 1.165) is 17.9 Å². The monoisotopic (exact) mass is 763 g/mol. The van der Waals surface area contributed by atoms with Gasteiger partial charge in [0.05, 0.1) is 16.1 Å². The van der Waals surface area contributed by atoms with Gasteiger partial charge in [-0.2, -0.15) is 0 Å². The number of hydrogen-bond donors (Lipinski definition) is 0. The van der Waals surface area contributed by atoms with Crippen molar-refractivity contribution in [3.05, 3.63) is 51.1 Å². The first-order valence-electron chi connectivity index (χ1n) is 7.23. The predicted molar refractivity (Wildman–Crippen MR) is 126 cm³/mol. The second kappa shape index (κ2) is 9.69. The van der Waals surface area contributed by atoms with E-state index in [1.54, 1.807) is 12.1 Å². The van der Waals surface area contributed by atoms with E-state index < -0.39 is 0 Å². The molecule has 3 aromatic rings. The van der Waals surface area contributed by atoms with Crippen LogP contribution in [-0.4, -0.2) is 22.1 Å². The molecular formula is C16H7Br6N3O3. The van der Waals surface area contributed by atoms with Gasteiger partial charge in [0.25, 0.3) is 0 Å². The van der Waals surface area contributed by atoms with Gasteiger partial charge in [0.1, 0.15) is 11.5 Å². The molecule has 0 aliphatic carbocycles. The Bertz CT molecular complexity index is 973. The molecule has 1 heterocycles. The molecule has 0 amide bonds. The van der Waals surface area contributed by atoms with Crippen molar-refractivity contribution >= 4 is 95.6 Å². The molecule has 0 spiro atoms. The second-order valence-corrected chi connectivity index (χ2v) is 9.82. The second-order valence-electron chi connectivity index (χ2n) is 4.94. The number of hydrogen-bond acceptors (Lipinski definition) is 6. The zero-order chi connectivity index (χ0) is 20.4. The van der Waals surface area contributed by atoms with Crippen molar-refractivity contribution < 1.29 is 14.2 Å². The summed E-state index contributed by atoms with van der Waals surface area (Å²) < 4.78 is 21.4. The van der Waals surface area contributed by atoms with E-state index in [1.807, 2.05) is 12.1 Å². The van der Waals surface area contributed by atoms with Crippen molar-refractivity contribution in [2.24, 2.45) is 0 Å². The molecule has 2 aromatic carbocycles. The smallest absolute Gasteiger partial charge is 0.331 e. The van der Waals surface area contributed by atoms with Crippen LogP contribution in [0.5, 0.6) is 29.5 Å². The summed E-state index contributed by atoms with van der Waals surface area (Å²) in [5, 5.41) is 0. The molecule has 146 valence electrons. The molecule has 0 aliphatic heterocycles. The Balaban J connectivity index is 1.95. The number of methoxy groups -OCH3 is 1. The SMILES string of the molecule is COc1nc(Oc2ccc(Br)c(Br)c2Br)nc(Oc2ccc(Br)c(Br)c2Br)n1. The van der Waals surface area contributed by atoms with Crippen molar-refractivity contribution in [1.29, 1.82) is 0 Å². The molecule has 0 bridgehead atoms. The van der Waals surface area contributed by atoms with Gasteiger partial charge < -0.3 is 14.2 Å². The lowest BCUT2D eigenvalue weighted by molar-refractivity contribution is 0.335. The lowest BCUT2D eigenvalue weighted by atomic mass is 10.3. The molecule has 0 saturated carbocycles. The van der Waals surface area contributed by atoms with Crippen LogP contribution >= 0.6 is 95.6 Å². The Labute approximate surface area is 210 Å².